The zero-order valence-electron chi connectivity index (χ0n) is 15.6. The molecule has 0 amide bonds. The van der Waals surface area contributed by atoms with Crippen LogP contribution in [0.25, 0.3) is 0 Å². The molecule has 1 N–H and O–H groups in total. The average Bonchev–Trinajstić information content (AvgIpc) is 2.68. The van der Waals surface area contributed by atoms with E-state index >= 15 is 0 Å². The second-order valence-electron chi connectivity index (χ2n) is 6.49. The molecule has 0 bridgehead atoms. The summed E-state index contributed by atoms with van der Waals surface area (Å²) in [7, 11) is -3.84. The van der Waals surface area contributed by atoms with Crippen molar-refractivity contribution in [3.63, 3.8) is 0 Å². The summed E-state index contributed by atoms with van der Waals surface area (Å²) in [5.74, 6) is -0.301. The van der Waals surface area contributed by atoms with Crippen molar-refractivity contribution in [2.45, 2.75) is 25.2 Å². The number of sulfonamides is 1. The summed E-state index contributed by atoms with van der Waals surface area (Å²) in [5.41, 5.74) is 2.84. The van der Waals surface area contributed by atoms with Gasteiger partial charge in [-0.2, -0.15) is 0 Å². The van der Waals surface area contributed by atoms with Crippen molar-refractivity contribution in [3.05, 3.63) is 94.0 Å². The van der Waals surface area contributed by atoms with E-state index in [1.54, 1.807) is 48.5 Å². The number of ketones is 1. The van der Waals surface area contributed by atoms with Gasteiger partial charge in [0.05, 0.1) is 10.6 Å². The van der Waals surface area contributed by atoms with Crippen LogP contribution in [0.4, 0.5) is 5.69 Å². The molecule has 28 heavy (non-hydrogen) atoms. The van der Waals surface area contributed by atoms with Crippen molar-refractivity contribution in [1.82, 2.24) is 0 Å². The lowest BCUT2D eigenvalue weighted by Gasteiger charge is -2.13. The average molecular weight is 414 g/mol. The highest BCUT2D eigenvalue weighted by atomic mass is 35.5. The van der Waals surface area contributed by atoms with Crippen LogP contribution in [-0.2, 0) is 16.4 Å². The van der Waals surface area contributed by atoms with Crippen molar-refractivity contribution in [3.8, 4) is 0 Å². The first-order chi connectivity index (χ1) is 13.3. The van der Waals surface area contributed by atoms with Gasteiger partial charge in [-0.1, -0.05) is 54.4 Å². The molecule has 144 valence electrons. The molecule has 0 spiro atoms. The highest BCUT2D eigenvalue weighted by Gasteiger charge is 2.20. The molecule has 3 rings (SSSR count). The molecule has 3 aromatic carbocycles. The SMILES string of the molecule is CCc1ccc(S(=O)(=O)Nc2ccc(Cl)cc2C(=O)c2cccc(C)c2)cc1. The monoisotopic (exact) mass is 413 g/mol. The van der Waals surface area contributed by atoms with E-state index in [2.05, 4.69) is 4.72 Å². The summed E-state index contributed by atoms with van der Waals surface area (Å²) < 4.78 is 28.1. The molecule has 0 saturated carbocycles. The van der Waals surface area contributed by atoms with Crippen LogP contribution in [0.3, 0.4) is 0 Å². The summed E-state index contributed by atoms with van der Waals surface area (Å²) in [5, 5.41) is 0.353. The maximum absolute atomic E-state index is 13.0. The van der Waals surface area contributed by atoms with Gasteiger partial charge in [-0.05, 0) is 55.3 Å². The number of carbonyl (C=O) groups excluding carboxylic acids is 1. The van der Waals surface area contributed by atoms with E-state index < -0.39 is 10.0 Å². The second-order valence-corrected chi connectivity index (χ2v) is 8.61. The molecule has 0 radical (unpaired) electrons. The number of aryl methyl sites for hydroxylation is 2. The maximum Gasteiger partial charge on any atom is 0.261 e. The molecule has 4 nitrogen and oxygen atoms in total. The van der Waals surface area contributed by atoms with Crippen molar-refractivity contribution in [1.29, 1.82) is 0 Å². The zero-order chi connectivity index (χ0) is 20.3. The Balaban J connectivity index is 1.99. The summed E-state index contributed by atoms with van der Waals surface area (Å²) in [6.07, 6.45) is 0.820. The normalized spacial score (nSPS) is 11.2. The Bertz CT molecular complexity index is 1120. The molecule has 0 fully saturated rings. The molecule has 6 heteroatoms. The van der Waals surface area contributed by atoms with Crippen LogP contribution in [0, 0.1) is 6.92 Å². The minimum Gasteiger partial charge on any atom is -0.289 e. The predicted octanol–water partition coefficient (Wildman–Crippen LogP) is 5.24. The van der Waals surface area contributed by atoms with Gasteiger partial charge in [-0.25, -0.2) is 8.42 Å². The van der Waals surface area contributed by atoms with Gasteiger partial charge in [-0.3, -0.25) is 9.52 Å². The van der Waals surface area contributed by atoms with E-state index in [9.17, 15) is 13.2 Å². The van der Waals surface area contributed by atoms with E-state index in [1.165, 1.54) is 12.1 Å². The molecule has 0 aromatic heterocycles. The summed E-state index contributed by atoms with van der Waals surface area (Å²) >= 11 is 6.07. The number of carbonyl (C=O) groups is 1. The van der Waals surface area contributed by atoms with Crippen LogP contribution in [0.15, 0.2) is 71.6 Å². The van der Waals surface area contributed by atoms with E-state index in [-0.39, 0.29) is 21.9 Å². The van der Waals surface area contributed by atoms with E-state index in [0.29, 0.717) is 10.6 Å². The van der Waals surface area contributed by atoms with Gasteiger partial charge >= 0.3 is 0 Å². The largest absolute Gasteiger partial charge is 0.289 e. The Morgan fingerprint density at radius 1 is 1.00 bits per heavy atom. The maximum atomic E-state index is 13.0. The summed E-state index contributed by atoms with van der Waals surface area (Å²) in [6.45, 7) is 3.89. The van der Waals surface area contributed by atoms with E-state index in [1.807, 2.05) is 19.9 Å². The molecule has 0 atom stereocenters. The van der Waals surface area contributed by atoms with E-state index in [0.717, 1.165) is 17.5 Å². The third kappa shape index (κ3) is 4.43. The minimum absolute atomic E-state index is 0.133. The molecule has 0 aliphatic carbocycles. The zero-order valence-corrected chi connectivity index (χ0v) is 17.1. The van der Waals surface area contributed by atoms with Crippen LogP contribution in [0.1, 0.15) is 34.0 Å². The number of hydrogen-bond donors (Lipinski definition) is 1. The number of anilines is 1. The van der Waals surface area contributed by atoms with Crippen LogP contribution >= 0.6 is 11.6 Å². The first kappa shape index (κ1) is 20.1. The van der Waals surface area contributed by atoms with Crippen molar-refractivity contribution in [2.75, 3.05) is 4.72 Å². The molecular formula is C22H20ClNO3S. The lowest BCUT2D eigenvalue weighted by atomic mass is 10.0. The van der Waals surface area contributed by atoms with Crippen LogP contribution in [-0.4, -0.2) is 14.2 Å². The van der Waals surface area contributed by atoms with Gasteiger partial charge in [0.2, 0.25) is 0 Å². The highest BCUT2D eigenvalue weighted by Crippen LogP contribution is 2.26. The molecule has 3 aromatic rings. The molecule has 0 saturated heterocycles. The van der Waals surface area contributed by atoms with Crippen LogP contribution in [0.5, 0.6) is 0 Å². The van der Waals surface area contributed by atoms with E-state index in [4.69, 9.17) is 11.6 Å². The molecule has 0 heterocycles. The first-order valence-corrected chi connectivity index (χ1v) is 10.7. The minimum atomic E-state index is -3.84. The standard InChI is InChI=1S/C22H20ClNO3S/c1-3-16-7-10-19(11-8-16)28(26,27)24-21-12-9-18(23)14-20(21)22(25)17-6-4-5-15(2)13-17/h4-14,24H,3H2,1-2H3. The van der Waals surface area contributed by atoms with Crippen molar-refractivity contribution < 1.29 is 13.2 Å². The highest BCUT2D eigenvalue weighted by molar-refractivity contribution is 7.92. The fourth-order valence-corrected chi connectivity index (χ4v) is 4.09. The Hall–Kier alpha value is -2.63. The first-order valence-electron chi connectivity index (χ1n) is 8.83. The fourth-order valence-electron chi connectivity index (χ4n) is 2.84. The number of halogens is 1. The van der Waals surface area contributed by atoms with Crippen molar-refractivity contribution >= 4 is 33.1 Å². The number of nitrogens with one attached hydrogen (secondary N) is 1. The Kier molecular flexibility index (Phi) is 5.87. The summed E-state index contributed by atoms with van der Waals surface area (Å²) in [4.78, 5) is 13.1. The van der Waals surface area contributed by atoms with Gasteiger partial charge in [0.15, 0.2) is 5.78 Å². The fraction of sp³-hybridized carbons (Fsp3) is 0.136. The van der Waals surface area contributed by atoms with Gasteiger partial charge in [-0.15, -0.1) is 0 Å². The number of rotatable bonds is 6. The molecule has 0 unspecified atom stereocenters. The Labute approximate surface area is 170 Å². The quantitative estimate of drug-likeness (QED) is 0.562. The Morgan fingerprint density at radius 3 is 2.36 bits per heavy atom. The number of hydrogen-bond acceptors (Lipinski definition) is 3. The summed E-state index contributed by atoms with van der Waals surface area (Å²) in [6, 6.07) is 18.3. The molecule has 0 aliphatic heterocycles. The smallest absolute Gasteiger partial charge is 0.261 e. The third-order valence-electron chi connectivity index (χ3n) is 4.39. The number of benzene rings is 3. The van der Waals surface area contributed by atoms with Gasteiger partial charge in [0, 0.05) is 16.1 Å². The van der Waals surface area contributed by atoms with Crippen LogP contribution in [0.2, 0.25) is 5.02 Å². The van der Waals surface area contributed by atoms with Gasteiger partial charge < -0.3 is 0 Å². The van der Waals surface area contributed by atoms with Gasteiger partial charge in [0.25, 0.3) is 10.0 Å². The van der Waals surface area contributed by atoms with Gasteiger partial charge in [0.1, 0.15) is 0 Å². The predicted molar refractivity (Wildman–Crippen MR) is 113 cm³/mol. The lowest BCUT2D eigenvalue weighted by Crippen LogP contribution is -2.16. The molecule has 0 aliphatic rings. The molecular weight excluding hydrogens is 394 g/mol. The topological polar surface area (TPSA) is 63.2 Å². The van der Waals surface area contributed by atoms with Crippen molar-refractivity contribution in [2.24, 2.45) is 0 Å². The second kappa shape index (κ2) is 8.17. The lowest BCUT2D eigenvalue weighted by molar-refractivity contribution is 0.103. The Morgan fingerprint density at radius 2 is 1.71 bits per heavy atom. The third-order valence-corrected chi connectivity index (χ3v) is 6.01. The van der Waals surface area contributed by atoms with Crippen LogP contribution < -0.4 is 4.72 Å².